The monoisotopic (exact) mass is 257 g/mol. The highest BCUT2D eigenvalue weighted by Gasteiger charge is 2.26. The van der Waals surface area contributed by atoms with Crippen LogP contribution in [0.2, 0.25) is 0 Å². The molecule has 0 spiro atoms. The van der Waals surface area contributed by atoms with Crippen LogP contribution < -0.4 is 5.32 Å². The van der Waals surface area contributed by atoms with E-state index < -0.39 is 25.0 Å². The summed E-state index contributed by atoms with van der Waals surface area (Å²) in [6.45, 7) is -0.427. The number of benzene rings is 1. The Balaban J connectivity index is 2.00. The first-order valence-electron chi connectivity index (χ1n) is 5.24. The lowest BCUT2D eigenvalue weighted by Gasteiger charge is -2.07. The summed E-state index contributed by atoms with van der Waals surface area (Å²) in [4.78, 5) is 18.4. The highest BCUT2D eigenvalue weighted by atomic mass is 19.4. The number of nitrogens with zero attached hydrogens (tertiary/aromatic N) is 1. The van der Waals surface area contributed by atoms with Gasteiger partial charge in [0.25, 0.3) is 5.91 Å². The zero-order valence-electron chi connectivity index (χ0n) is 9.21. The van der Waals surface area contributed by atoms with Crippen molar-refractivity contribution in [1.29, 1.82) is 0 Å². The zero-order valence-corrected chi connectivity index (χ0v) is 9.21. The number of amides is 1. The van der Waals surface area contributed by atoms with Crippen molar-refractivity contribution in [2.45, 2.75) is 12.6 Å². The van der Waals surface area contributed by atoms with E-state index in [4.69, 9.17) is 0 Å². The minimum atomic E-state index is -4.26. The van der Waals surface area contributed by atoms with E-state index in [0.717, 1.165) is 0 Å². The number of nitrogens with one attached hydrogen (secondary N) is 2. The van der Waals surface area contributed by atoms with Crippen LogP contribution in [0.1, 0.15) is 16.8 Å². The molecule has 2 aromatic rings. The van der Waals surface area contributed by atoms with E-state index in [1.807, 2.05) is 0 Å². The van der Waals surface area contributed by atoms with Gasteiger partial charge in [0.2, 0.25) is 0 Å². The second-order valence-electron chi connectivity index (χ2n) is 3.76. The lowest BCUT2D eigenvalue weighted by Crippen LogP contribution is -2.27. The van der Waals surface area contributed by atoms with E-state index in [1.165, 1.54) is 12.4 Å². The van der Waals surface area contributed by atoms with Crippen molar-refractivity contribution in [2.24, 2.45) is 0 Å². The van der Waals surface area contributed by atoms with Crippen LogP contribution in [0.15, 0.2) is 24.5 Å². The van der Waals surface area contributed by atoms with Crippen LogP contribution >= 0.6 is 0 Å². The highest BCUT2D eigenvalue weighted by molar-refractivity contribution is 5.97. The summed E-state index contributed by atoms with van der Waals surface area (Å²) >= 11 is 0. The molecule has 1 aromatic carbocycles. The van der Waals surface area contributed by atoms with Gasteiger partial charge in [-0.2, -0.15) is 13.2 Å². The first-order chi connectivity index (χ1) is 8.46. The molecule has 0 bridgehead atoms. The second-order valence-corrected chi connectivity index (χ2v) is 3.76. The Kier molecular flexibility index (Phi) is 3.22. The Labute approximate surface area is 100 Å². The average Bonchev–Trinajstić information content (AvgIpc) is 2.73. The summed E-state index contributed by atoms with van der Waals surface area (Å²) in [5.41, 5.74) is 1.66. The van der Waals surface area contributed by atoms with Crippen LogP contribution in [0.4, 0.5) is 13.2 Å². The Morgan fingerprint density at radius 1 is 1.39 bits per heavy atom. The van der Waals surface area contributed by atoms with Crippen LogP contribution in [0.5, 0.6) is 0 Å². The summed E-state index contributed by atoms with van der Waals surface area (Å²) in [5.74, 6) is -0.532. The molecule has 0 fully saturated rings. The van der Waals surface area contributed by atoms with Crippen molar-refractivity contribution < 1.29 is 18.0 Å². The number of rotatable bonds is 3. The standard InChI is InChI=1S/C11H10F3N3O/c12-11(13,14)3-4-15-10(18)7-1-2-8-9(5-7)17-6-16-8/h1-2,5-6H,3-4H2,(H,15,18)(H,16,17). The van der Waals surface area contributed by atoms with Gasteiger partial charge in [-0.25, -0.2) is 4.98 Å². The summed E-state index contributed by atoms with van der Waals surface area (Å²) < 4.78 is 35.7. The van der Waals surface area contributed by atoms with Gasteiger partial charge in [0.05, 0.1) is 23.8 Å². The summed E-state index contributed by atoms with van der Waals surface area (Å²) in [6, 6.07) is 4.70. The van der Waals surface area contributed by atoms with Gasteiger partial charge in [0, 0.05) is 12.1 Å². The van der Waals surface area contributed by atoms with Crippen molar-refractivity contribution in [2.75, 3.05) is 6.54 Å². The minimum absolute atomic E-state index is 0.300. The van der Waals surface area contributed by atoms with Gasteiger partial charge in [0.15, 0.2) is 0 Å². The Morgan fingerprint density at radius 3 is 2.89 bits per heavy atom. The number of carbonyl (C=O) groups is 1. The fraction of sp³-hybridized carbons (Fsp3) is 0.273. The maximum absolute atomic E-state index is 11.9. The number of fused-ring (bicyclic) bond motifs is 1. The van der Waals surface area contributed by atoms with Crippen LogP contribution in [0.25, 0.3) is 11.0 Å². The van der Waals surface area contributed by atoms with E-state index >= 15 is 0 Å². The molecule has 1 aromatic heterocycles. The fourth-order valence-electron chi connectivity index (χ4n) is 1.50. The molecule has 0 aliphatic heterocycles. The number of imidazole rings is 1. The van der Waals surface area contributed by atoms with Crippen molar-refractivity contribution in [3.8, 4) is 0 Å². The van der Waals surface area contributed by atoms with E-state index in [9.17, 15) is 18.0 Å². The maximum Gasteiger partial charge on any atom is 0.390 e. The third-order valence-corrected chi connectivity index (χ3v) is 2.38. The lowest BCUT2D eigenvalue weighted by molar-refractivity contribution is -0.132. The number of aromatic nitrogens is 2. The number of hydrogen-bond acceptors (Lipinski definition) is 2. The predicted molar refractivity (Wildman–Crippen MR) is 59.1 cm³/mol. The summed E-state index contributed by atoms with van der Waals surface area (Å²) in [7, 11) is 0. The zero-order chi connectivity index (χ0) is 13.2. The molecule has 4 nitrogen and oxygen atoms in total. The molecule has 1 heterocycles. The first-order valence-corrected chi connectivity index (χ1v) is 5.24. The minimum Gasteiger partial charge on any atom is -0.352 e. The van der Waals surface area contributed by atoms with Gasteiger partial charge in [-0.15, -0.1) is 0 Å². The van der Waals surface area contributed by atoms with Crippen LogP contribution in [0, 0.1) is 0 Å². The number of halogens is 3. The van der Waals surface area contributed by atoms with E-state index in [2.05, 4.69) is 15.3 Å². The second kappa shape index (κ2) is 4.67. The highest BCUT2D eigenvalue weighted by Crippen LogP contribution is 2.18. The van der Waals surface area contributed by atoms with Gasteiger partial charge in [-0.05, 0) is 18.2 Å². The number of aromatic amines is 1. The molecular formula is C11H10F3N3O. The SMILES string of the molecule is O=C(NCCC(F)(F)F)c1ccc2nc[nH]c2c1. The van der Waals surface area contributed by atoms with Gasteiger partial charge in [-0.3, -0.25) is 4.79 Å². The Hall–Kier alpha value is -2.05. The number of H-pyrrole nitrogens is 1. The lowest BCUT2D eigenvalue weighted by atomic mass is 10.2. The quantitative estimate of drug-likeness (QED) is 0.886. The number of carbonyl (C=O) groups excluding carboxylic acids is 1. The normalized spacial score (nSPS) is 11.7. The molecule has 18 heavy (non-hydrogen) atoms. The molecule has 7 heteroatoms. The van der Waals surface area contributed by atoms with Gasteiger partial charge >= 0.3 is 6.18 Å². The van der Waals surface area contributed by atoms with E-state index in [-0.39, 0.29) is 0 Å². The van der Waals surface area contributed by atoms with Crippen LogP contribution in [0.3, 0.4) is 0 Å². The predicted octanol–water partition coefficient (Wildman–Crippen LogP) is 2.25. The maximum atomic E-state index is 11.9. The fourth-order valence-corrected chi connectivity index (χ4v) is 1.50. The van der Waals surface area contributed by atoms with E-state index in [1.54, 1.807) is 12.1 Å². The van der Waals surface area contributed by atoms with Gasteiger partial charge < -0.3 is 10.3 Å². The summed E-state index contributed by atoms with van der Waals surface area (Å²) in [5, 5.41) is 2.22. The molecule has 0 radical (unpaired) electrons. The molecule has 0 atom stereocenters. The first kappa shape index (κ1) is 12.4. The van der Waals surface area contributed by atoms with Gasteiger partial charge in [-0.1, -0.05) is 0 Å². The molecule has 2 rings (SSSR count). The van der Waals surface area contributed by atoms with E-state index in [0.29, 0.717) is 16.6 Å². The van der Waals surface area contributed by atoms with Crippen molar-refractivity contribution in [1.82, 2.24) is 15.3 Å². The molecule has 0 saturated carbocycles. The largest absolute Gasteiger partial charge is 0.390 e. The molecule has 0 unspecified atom stereocenters. The Bertz CT molecular complexity index is 562. The van der Waals surface area contributed by atoms with Gasteiger partial charge in [0.1, 0.15) is 0 Å². The van der Waals surface area contributed by atoms with Crippen molar-refractivity contribution in [3.63, 3.8) is 0 Å². The molecular weight excluding hydrogens is 247 g/mol. The molecule has 0 saturated heterocycles. The van der Waals surface area contributed by atoms with Crippen molar-refractivity contribution >= 4 is 16.9 Å². The molecule has 0 aliphatic carbocycles. The molecule has 96 valence electrons. The van der Waals surface area contributed by atoms with Crippen molar-refractivity contribution in [3.05, 3.63) is 30.1 Å². The van der Waals surface area contributed by atoms with Crippen LogP contribution in [-0.2, 0) is 0 Å². The smallest absolute Gasteiger partial charge is 0.352 e. The average molecular weight is 257 g/mol. The topological polar surface area (TPSA) is 57.8 Å². The summed E-state index contributed by atoms with van der Waals surface area (Å²) in [6.07, 6.45) is -3.82. The number of hydrogen-bond donors (Lipinski definition) is 2. The number of alkyl halides is 3. The third-order valence-electron chi connectivity index (χ3n) is 2.38. The molecule has 2 N–H and O–H groups in total. The molecule has 1 amide bonds. The third kappa shape index (κ3) is 2.99. The Morgan fingerprint density at radius 2 is 2.17 bits per heavy atom. The van der Waals surface area contributed by atoms with Crippen LogP contribution in [-0.4, -0.2) is 28.6 Å². The molecule has 0 aliphatic rings.